The van der Waals surface area contributed by atoms with E-state index >= 15 is 0 Å². The fourth-order valence-electron chi connectivity index (χ4n) is 3.29. The lowest BCUT2D eigenvalue weighted by Crippen LogP contribution is -2.15. The summed E-state index contributed by atoms with van der Waals surface area (Å²) in [6.45, 7) is 2.89. The molecule has 138 valence electrons. The first kappa shape index (κ1) is 17.5. The molecule has 0 saturated carbocycles. The minimum absolute atomic E-state index is 0.195. The number of para-hydroxylation sites is 1. The zero-order valence-electron chi connectivity index (χ0n) is 15.2. The summed E-state index contributed by atoms with van der Waals surface area (Å²) in [5.41, 5.74) is 5.19. The third-order valence-electron chi connectivity index (χ3n) is 4.73. The summed E-state index contributed by atoms with van der Waals surface area (Å²) >= 11 is 0. The quantitative estimate of drug-likeness (QED) is 0.752. The average Bonchev–Trinajstić information content (AvgIpc) is 3.04. The highest BCUT2D eigenvalue weighted by Gasteiger charge is 2.21. The van der Waals surface area contributed by atoms with Crippen LogP contribution in [0.15, 0.2) is 59.5 Å². The monoisotopic (exact) mass is 380 g/mol. The van der Waals surface area contributed by atoms with E-state index < -0.39 is 10.0 Å². The van der Waals surface area contributed by atoms with Gasteiger partial charge in [-0.05, 0) is 43.2 Å². The number of nitrogens with zero attached hydrogens (tertiary/aromatic N) is 3. The third kappa shape index (κ3) is 3.38. The van der Waals surface area contributed by atoms with Gasteiger partial charge in [-0.25, -0.2) is 8.42 Å². The maximum atomic E-state index is 12.5. The van der Waals surface area contributed by atoms with Gasteiger partial charge >= 0.3 is 0 Å². The van der Waals surface area contributed by atoms with Crippen molar-refractivity contribution in [2.45, 2.75) is 18.2 Å². The Bertz CT molecular complexity index is 1080. The Morgan fingerprint density at radius 2 is 1.78 bits per heavy atom. The Morgan fingerprint density at radius 3 is 2.48 bits per heavy atom. The second kappa shape index (κ2) is 6.66. The van der Waals surface area contributed by atoms with Gasteiger partial charge in [0.1, 0.15) is 0 Å². The summed E-state index contributed by atoms with van der Waals surface area (Å²) in [5, 5.41) is 8.32. The first-order valence-corrected chi connectivity index (χ1v) is 10.2. The second-order valence-corrected chi connectivity index (χ2v) is 8.39. The van der Waals surface area contributed by atoms with Crippen molar-refractivity contribution in [1.29, 1.82) is 0 Å². The molecule has 0 amide bonds. The van der Waals surface area contributed by atoms with Gasteiger partial charge in [0, 0.05) is 24.8 Å². The van der Waals surface area contributed by atoms with Crippen LogP contribution in [0, 0.1) is 6.92 Å². The number of hydrogen-bond donors (Lipinski definition) is 1. The van der Waals surface area contributed by atoms with Crippen LogP contribution in [0.2, 0.25) is 0 Å². The highest BCUT2D eigenvalue weighted by Crippen LogP contribution is 2.36. The average molecular weight is 380 g/mol. The van der Waals surface area contributed by atoms with Crippen LogP contribution in [0.25, 0.3) is 11.3 Å². The molecule has 0 radical (unpaired) electrons. The number of rotatable bonds is 4. The van der Waals surface area contributed by atoms with Crippen molar-refractivity contribution in [3.63, 3.8) is 0 Å². The molecule has 3 aromatic rings. The number of nitrogens with one attached hydrogen (secondary N) is 1. The van der Waals surface area contributed by atoms with Gasteiger partial charge in [-0.3, -0.25) is 4.72 Å². The molecular weight excluding hydrogens is 360 g/mol. The predicted molar refractivity (Wildman–Crippen MR) is 106 cm³/mol. The van der Waals surface area contributed by atoms with Crippen LogP contribution in [0.3, 0.4) is 0 Å². The molecule has 7 heteroatoms. The molecule has 2 aromatic carbocycles. The van der Waals surface area contributed by atoms with Crippen molar-refractivity contribution in [3.8, 4) is 11.3 Å². The molecule has 4 rings (SSSR count). The largest absolute Gasteiger partial charge is 0.373 e. The Balaban J connectivity index is 1.60. The summed E-state index contributed by atoms with van der Waals surface area (Å²) in [7, 11) is -1.62. The van der Waals surface area contributed by atoms with Gasteiger partial charge in [0.05, 0.1) is 10.6 Å². The van der Waals surface area contributed by atoms with Gasteiger partial charge in [-0.1, -0.05) is 35.9 Å². The zero-order valence-corrected chi connectivity index (χ0v) is 16.0. The SMILES string of the molecule is Cc1ccc(S(=O)(=O)Nc2ccc(-c3cccc4c3N(C)CC4)nn2)cc1. The first-order chi connectivity index (χ1) is 12.9. The highest BCUT2D eigenvalue weighted by atomic mass is 32.2. The predicted octanol–water partition coefficient (Wildman–Crippen LogP) is 3.25. The van der Waals surface area contributed by atoms with E-state index in [1.54, 1.807) is 36.4 Å². The number of aryl methyl sites for hydroxylation is 1. The maximum Gasteiger partial charge on any atom is 0.263 e. The van der Waals surface area contributed by atoms with E-state index in [1.807, 2.05) is 19.1 Å². The summed E-state index contributed by atoms with van der Waals surface area (Å²) in [6, 6.07) is 16.3. The Hall–Kier alpha value is -2.93. The van der Waals surface area contributed by atoms with Gasteiger partial charge < -0.3 is 4.90 Å². The minimum atomic E-state index is -3.69. The minimum Gasteiger partial charge on any atom is -0.373 e. The first-order valence-electron chi connectivity index (χ1n) is 8.71. The molecule has 2 heterocycles. The summed E-state index contributed by atoms with van der Waals surface area (Å²) in [4.78, 5) is 2.40. The Labute approximate surface area is 158 Å². The van der Waals surface area contributed by atoms with Crippen LogP contribution in [-0.2, 0) is 16.4 Å². The van der Waals surface area contributed by atoms with Crippen LogP contribution < -0.4 is 9.62 Å². The molecule has 0 fully saturated rings. The number of benzene rings is 2. The van der Waals surface area contributed by atoms with Crippen molar-refractivity contribution >= 4 is 21.5 Å². The molecule has 1 N–H and O–H groups in total. The molecule has 0 aliphatic carbocycles. The number of likely N-dealkylation sites (N-methyl/N-ethyl adjacent to an activating group) is 1. The summed E-state index contributed by atoms with van der Waals surface area (Å²) in [5.74, 6) is 0.195. The third-order valence-corrected chi connectivity index (χ3v) is 6.10. The van der Waals surface area contributed by atoms with Gasteiger partial charge in [0.25, 0.3) is 10.0 Å². The fraction of sp³-hybridized carbons (Fsp3) is 0.200. The molecular formula is C20H20N4O2S. The van der Waals surface area contributed by atoms with Crippen LogP contribution >= 0.6 is 0 Å². The van der Waals surface area contributed by atoms with Crippen molar-refractivity contribution in [2.24, 2.45) is 0 Å². The molecule has 0 unspecified atom stereocenters. The van der Waals surface area contributed by atoms with E-state index in [9.17, 15) is 8.42 Å². The van der Waals surface area contributed by atoms with Gasteiger partial charge in [0.2, 0.25) is 0 Å². The standard InChI is InChI=1S/C20H20N4O2S/c1-14-6-8-16(9-7-14)27(25,26)23-19-11-10-18(21-22-19)17-5-3-4-15-12-13-24(2)20(15)17/h3-11H,12-13H2,1-2H3,(H,22,23). The molecule has 0 spiro atoms. The topological polar surface area (TPSA) is 75.2 Å². The Kier molecular flexibility index (Phi) is 4.31. The summed E-state index contributed by atoms with van der Waals surface area (Å²) < 4.78 is 27.4. The van der Waals surface area contributed by atoms with E-state index in [0.717, 1.165) is 29.8 Å². The number of anilines is 2. The van der Waals surface area contributed by atoms with Crippen molar-refractivity contribution in [2.75, 3.05) is 23.2 Å². The van der Waals surface area contributed by atoms with Crippen molar-refractivity contribution in [3.05, 3.63) is 65.7 Å². The molecule has 1 aliphatic heterocycles. The smallest absolute Gasteiger partial charge is 0.263 e. The Morgan fingerprint density at radius 1 is 1.00 bits per heavy atom. The highest BCUT2D eigenvalue weighted by molar-refractivity contribution is 7.92. The van der Waals surface area contributed by atoms with Crippen LogP contribution in [0.5, 0.6) is 0 Å². The molecule has 6 nitrogen and oxygen atoms in total. The lowest BCUT2D eigenvalue weighted by molar-refractivity contribution is 0.601. The van der Waals surface area contributed by atoms with Crippen molar-refractivity contribution < 1.29 is 8.42 Å². The number of aromatic nitrogens is 2. The second-order valence-electron chi connectivity index (χ2n) is 6.71. The number of fused-ring (bicyclic) bond motifs is 1. The lowest BCUT2D eigenvalue weighted by atomic mass is 10.0. The lowest BCUT2D eigenvalue weighted by Gasteiger charge is -2.16. The zero-order chi connectivity index (χ0) is 19.0. The van der Waals surface area contributed by atoms with Gasteiger partial charge in [-0.2, -0.15) is 0 Å². The summed E-state index contributed by atoms with van der Waals surface area (Å²) in [6.07, 6.45) is 1.02. The molecule has 0 atom stereocenters. The molecule has 0 saturated heterocycles. The van der Waals surface area contributed by atoms with E-state index in [1.165, 1.54) is 11.3 Å². The van der Waals surface area contributed by atoms with E-state index in [4.69, 9.17) is 0 Å². The molecule has 0 bridgehead atoms. The fourth-order valence-corrected chi connectivity index (χ4v) is 4.29. The molecule has 1 aromatic heterocycles. The van der Waals surface area contributed by atoms with Crippen LogP contribution in [0.1, 0.15) is 11.1 Å². The van der Waals surface area contributed by atoms with E-state index in [-0.39, 0.29) is 10.7 Å². The number of hydrogen-bond acceptors (Lipinski definition) is 5. The van der Waals surface area contributed by atoms with Gasteiger partial charge in [-0.15, -0.1) is 10.2 Å². The van der Waals surface area contributed by atoms with Crippen molar-refractivity contribution in [1.82, 2.24) is 10.2 Å². The van der Waals surface area contributed by atoms with Gasteiger partial charge in [0.15, 0.2) is 5.82 Å². The maximum absolute atomic E-state index is 12.5. The number of sulfonamides is 1. The van der Waals surface area contributed by atoms with E-state index in [0.29, 0.717) is 0 Å². The van der Waals surface area contributed by atoms with Crippen LogP contribution in [0.4, 0.5) is 11.5 Å². The van der Waals surface area contributed by atoms with E-state index in [2.05, 4.69) is 32.9 Å². The molecule has 1 aliphatic rings. The van der Waals surface area contributed by atoms with Crippen LogP contribution in [-0.4, -0.2) is 32.2 Å². The molecule has 27 heavy (non-hydrogen) atoms. The normalized spacial score (nSPS) is 13.5.